The first-order chi connectivity index (χ1) is 14.7. The Labute approximate surface area is 176 Å². The number of aromatic amines is 1. The molecule has 160 valence electrons. The lowest BCUT2D eigenvalue weighted by Gasteiger charge is -2.39. The molecule has 3 heterocycles. The molecule has 2 atom stereocenters. The van der Waals surface area contributed by atoms with Crippen molar-refractivity contribution in [3.8, 4) is 0 Å². The Hall–Kier alpha value is -2.45. The Morgan fingerprint density at radius 1 is 1.17 bits per heavy atom. The highest BCUT2D eigenvalue weighted by atomic mass is 16.5. The number of nitrogens with one attached hydrogen (secondary N) is 2. The second-order valence-electron chi connectivity index (χ2n) is 8.69. The van der Waals surface area contributed by atoms with Crippen LogP contribution in [0.3, 0.4) is 0 Å². The van der Waals surface area contributed by atoms with E-state index in [0.717, 1.165) is 17.6 Å². The molecule has 1 saturated carbocycles. The van der Waals surface area contributed by atoms with Crippen molar-refractivity contribution in [2.24, 2.45) is 11.8 Å². The van der Waals surface area contributed by atoms with Crippen molar-refractivity contribution in [2.75, 3.05) is 45.9 Å². The maximum atomic E-state index is 13.4. The molecule has 2 N–H and O–H groups in total. The largest absolute Gasteiger partial charge is 0.378 e. The zero-order valence-electron chi connectivity index (χ0n) is 17.2. The molecule has 3 fully saturated rings. The number of piperidine rings is 1. The zero-order valence-corrected chi connectivity index (χ0v) is 17.2. The fraction of sp³-hybridized carbons (Fsp3) is 0.591. The SMILES string of the molecule is O=C([C@H]1CNC[C@@H](N(CC2CC2)C(=O)c2nc3ccccc3[nH]2)C1)N1CCOCC1. The first-order valence-electron chi connectivity index (χ1n) is 11.0. The molecule has 0 spiro atoms. The summed E-state index contributed by atoms with van der Waals surface area (Å²) < 4.78 is 5.38. The van der Waals surface area contributed by atoms with Crippen molar-refractivity contribution in [3.05, 3.63) is 30.1 Å². The van der Waals surface area contributed by atoms with Crippen LogP contribution < -0.4 is 5.32 Å². The third-order valence-corrected chi connectivity index (χ3v) is 6.44. The third kappa shape index (κ3) is 4.06. The second kappa shape index (κ2) is 8.35. The van der Waals surface area contributed by atoms with Gasteiger partial charge in [0.05, 0.1) is 30.2 Å². The first kappa shape index (κ1) is 19.5. The highest BCUT2D eigenvalue weighted by molar-refractivity contribution is 5.94. The predicted molar refractivity (Wildman–Crippen MR) is 112 cm³/mol. The van der Waals surface area contributed by atoms with Crippen molar-refractivity contribution >= 4 is 22.8 Å². The maximum Gasteiger partial charge on any atom is 0.289 e. The van der Waals surface area contributed by atoms with E-state index < -0.39 is 0 Å². The molecule has 8 heteroatoms. The van der Waals surface area contributed by atoms with Crippen molar-refractivity contribution in [2.45, 2.75) is 25.3 Å². The van der Waals surface area contributed by atoms with Crippen molar-refractivity contribution < 1.29 is 14.3 Å². The normalized spacial score (nSPS) is 24.7. The summed E-state index contributed by atoms with van der Waals surface area (Å²) in [5.74, 6) is 0.960. The van der Waals surface area contributed by atoms with E-state index in [4.69, 9.17) is 4.74 Å². The Morgan fingerprint density at radius 3 is 2.73 bits per heavy atom. The van der Waals surface area contributed by atoms with Gasteiger partial charge in [0, 0.05) is 38.8 Å². The number of rotatable bonds is 5. The number of morpholine rings is 1. The van der Waals surface area contributed by atoms with E-state index in [2.05, 4.69) is 15.3 Å². The van der Waals surface area contributed by atoms with E-state index >= 15 is 0 Å². The molecule has 1 aromatic heterocycles. The lowest BCUT2D eigenvalue weighted by Crippen LogP contribution is -2.55. The monoisotopic (exact) mass is 411 g/mol. The summed E-state index contributed by atoms with van der Waals surface area (Å²) in [5, 5.41) is 3.41. The Morgan fingerprint density at radius 2 is 1.97 bits per heavy atom. The van der Waals surface area contributed by atoms with Crippen LogP contribution in [-0.4, -0.2) is 83.6 Å². The van der Waals surface area contributed by atoms with Crippen molar-refractivity contribution in [1.82, 2.24) is 25.1 Å². The van der Waals surface area contributed by atoms with Gasteiger partial charge < -0.3 is 24.8 Å². The van der Waals surface area contributed by atoms with Crippen LogP contribution in [-0.2, 0) is 9.53 Å². The van der Waals surface area contributed by atoms with E-state index in [-0.39, 0.29) is 23.8 Å². The predicted octanol–water partition coefficient (Wildman–Crippen LogP) is 1.25. The van der Waals surface area contributed by atoms with Crippen molar-refractivity contribution in [1.29, 1.82) is 0 Å². The molecule has 1 aliphatic carbocycles. The summed E-state index contributed by atoms with van der Waals surface area (Å²) in [5.41, 5.74) is 1.67. The van der Waals surface area contributed by atoms with Crippen LogP contribution in [0.15, 0.2) is 24.3 Å². The standard InChI is InChI=1S/C22H29N5O3/c28-21(26-7-9-30-10-8-26)16-11-17(13-23-12-16)27(14-15-5-6-15)22(29)20-24-18-3-1-2-4-19(18)25-20/h1-4,15-17,23H,5-14H2,(H,24,25)/t16-,17+/m1/s1. The number of para-hydroxylation sites is 2. The van der Waals surface area contributed by atoms with E-state index in [1.54, 1.807) is 0 Å². The molecule has 2 saturated heterocycles. The van der Waals surface area contributed by atoms with Gasteiger partial charge in [-0.15, -0.1) is 0 Å². The molecule has 0 bridgehead atoms. The molecule has 2 amide bonds. The first-order valence-corrected chi connectivity index (χ1v) is 11.0. The highest BCUT2D eigenvalue weighted by Crippen LogP contribution is 2.32. The summed E-state index contributed by atoms with van der Waals surface area (Å²) in [6, 6.07) is 7.70. The Kier molecular flexibility index (Phi) is 5.43. The minimum Gasteiger partial charge on any atom is -0.378 e. The van der Waals surface area contributed by atoms with Crippen LogP contribution in [0, 0.1) is 11.8 Å². The lowest BCUT2D eigenvalue weighted by molar-refractivity contribution is -0.140. The van der Waals surface area contributed by atoms with E-state index in [0.29, 0.717) is 57.6 Å². The zero-order chi connectivity index (χ0) is 20.5. The molecule has 8 nitrogen and oxygen atoms in total. The van der Waals surface area contributed by atoms with Gasteiger partial charge in [0.25, 0.3) is 5.91 Å². The smallest absolute Gasteiger partial charge is 0.289 e. The van der Waals surface area contributed by atoms with Crippen LogP contribution in [0.1, 0.15) is 29.9 Å². The van der Waals surface area contributed by atoms with E-state index in [1.807, 2.05) is 34.1 Å². The van der Waals surface area contributed by atoms with Crippen molar-refractivity contribution in [3.63, 3.8) is 0 Å². The Balaban J connectivity index is 1.33. The lowest BCUT2D eigenvalue weighted by atomic mass is 9.92. The number of benzene rings is 1. The number of aromatic nitrogens is 2. The number of hydrogen-bond acceptors (Lipinski definition) is 5. The maximum absolute atomic E-state index is 13.4. The fourth-order valence-corrected chi connectivity index (χ4v) is 4.55. The molecule has 1 aromatic carbocycles. The summed E-state index contributed by atoms with van der Waals surface area (Å²) >= 11 is 0. The highest BCUT2D eigenvalue weighted by Gasteiger charge is 2.38. The van der Waals surface area contributed by atoms with E-state index in [9.17, 15) is 9.59 Å². The van der Waals surface area contributed by atoms with Gasteiger partial charge in [-0.05, 0) is 37.3 Å². The van der Waals surface area contributed by atoms with Gasteiger partial charge in [-0.2, -0.15) is 0 Å². The van der Waals surface area contributed by atoms with Gasteiger partial charge >= 0.3 is 0 Å². The van der Waals surface area contributed by atoms with Crippen LogP contribution in [0.4, 0.5) is 0 Å². The average Bonchev–Trinajstić information content (AvgIpc) is 3.52. The molecular weight excluding hydrogens is 382 g/mol. The van der Waals surface area contributed by atoms with Crippen LogP contribution in [0.5, 0.6) is 0 Å². The quantitative estimate of drug-likeness (QED) is 0.773. The number of fused-ring (bicyclic) bond motifs is 1. The van der Waals surface area contributed by atoms with Crippen LogP contribution in [0.2, 0.25) is 0 Å². The molecular formula is C22H29N5O3. The van der Waals surface area contributed by atoms with Crippen LogP contribution in [0.25, 0.3) is 11.0 Å². The molecule has 2 aromatic rings. The molecule has 2 aliphatic heterocycles. The van der Waals surface area contributed by atoms with Gasteiger partial charge in [-0.3, -0.25) is 9.59 Å². The topological polar surface area (TPSA) is 90.6 Å². The Bertz CT molecular complexity index is 885. The van der Waals surface area contributed by atoms with Crippen LogP contribution >= 0.6 is 0 Å². The summed E-state index contributed by atoms with van der Waals surface area (Å²) in [6.45, 7) is 4.64. The number of carbonyl (C=O) groups is 2. The molecule has 30 heavy (non-hydrogen) atoms. The molecule has 0 unspecified atom stereocenters. The number of H-pyrrole nitrogens is 1. The van der Waals surface area contributed by atoms with Gasteiger partial charge in [0.2, 0.25) is 5.91 Å². The second-order valence-corrected chi connectivity index (χ2v) is 8.69. The van der Waals surface area contributed by atoms with Gasteiger partial charge in [0.15, 0.2) is 5.82 Å². The van der Waals surface area contributed by atoms with Gasteiger partial charge in [-0.1, -0.05) is 12.1 Å². The minimum atomic E-state index is -0.105. The summed E-state index contributed by atoms with van der Waals surface area (Å²) in [7, 11) is 0. The number of amides is 2. The number of ether oxygens (including phenoxy) is 1. The van der Waals surface area contributed by atoms with Gasteiger partial charge in [0.1, 0.15) is 0 Å². The number of imidazole rings is 1. The number of carbonyl (C=O) groups excluding carboxylic acids is 2. The average molecular weight is 412 g/mol. The third-order valence-electron chi connectivity index (χ3n) is 6.44. The van der Waals surface area contributed by atoms with Gasteiger partial charge in [-0.25, -0.2) is 4.98 Å². The minimum absolute atomic E-state index is 0.00458. The molecule has 3 aliphatic rings. The fourth-order valence-electron chi connectivity index (χ4n) is 4.55. The summed E-state index contributed by atoms with van der Waals surface area (Å²) in [6.07, 6.45) is 3.03. The van der Waals surface area contributed by atoms with E-state index in [1.165, 1.54) is 12.8 Å². The molecule has 5 rings (SSSR count). The summed E-state index contributed by atoms with van der Waals surface area (Å²) in [4.78, 5) is 38.0. The number of hydrogen-bond donors (Lipinski definition) is 2. The number of nitrogens with zero attached hydrogens (tertiary/aromatic N) is 3. The molecule has 0 radical (unpaired) electrons.